The zero-order valence-corrected chi connectivity index (χ0v) is 19.4. The lowest BCUT2D eigenvalue weighted by Crippen LogP contribution is -2.48. The topological polar surface area (TPSA) is 50.3 Å². The van der Waals surface area contributed by atoms with Crippen molar-refractivity contribution in [3.63, 3.8) is 0 Å². The first-order chi connectivity index (χ1) is 15.2. The number of hydrogen-bond acceptors (Lipinski definition) is 8. The number of pyridine rings is 1. The zero-order chi connectivity index (χ0) is 21.7. The van der Waals surface area contributed by atoms with Gasteiger partial charge in [-0.2, -0.15) is 0 Å². The van der Waals surface area contributed by atoms with Gasteiger partial charge in [0.2, 0.25) is 5.79 Å². The molecule has 0 bridgehead atoms. The van der Waals surface area contributed by atoms with Crippen LogP contribution in [0.1, 0.15) is 12.0 Å². The Balaban J connectivity index is 1.31. The number of ether oxygens (including phenoxy) is 3. The van der Waals surface area contributed by atoms with Crippen LogP contribution in [0.2, 0.25) is 0 Å². The van der Waals surface area contributed by atoms with Crippen LogP contribution in [0.25, 0.3) is 0 Å². The average Bonchev–Trinajstić information content (AvgIpc) is 2.84. The fraction of sp³-hybridized carbons (Fsp3) is 0.522. The third-order valence-electron chi connectivity index (χ3n) is 6.09. The van der Waals surface area contributed by atoms with Crippen molar-refractivity contribution >= 4 is 17.8 Å². The molecule has 0 aliphatic carbocycles. The molecule has 0 amide bonds. The highest BCUT2D eigenvalue weighted by molar-refractivity contribution is 7.97. The second-order valence-electron chi connectivity index (χ2n) is 7.82. The SMILES string of the molecule is COc1cccc2c1C(OC)(OC)CN(CCCN1CCN(c3ccccn3)CC1)S2. The molecule has 168 valence electrons. The lowest BCUT2D eigenvalue weighted by atomic mass is 10.0. The van der Waals surface area contributed by atoms with Gasteiger partial charge in [-0.1, -0.05) is 12.1 Å². The molecule has 0 radical (unpaired) electrons. The third-order valence-corrected chi connectivity index (χ3v) is 7.19. The van der Waals surface area contributed by atoms with E-state index in [4.69, 9.17) is 14.2 Å². The van der Waals surface area contributed by atoms with Crippen LogP contribution in [-0.2, 0) is 15.3 Å². The molecule has 0 saturated carbocycles. The molecule has 1 fully saturated rings. The Morgan fingerprint density at radius 1 is 0.968 bits per heavy atom. The smallest absolute Gasteiger partial charge is 0.213 e. The second kappa shape index (κ2) is 10.2. The van der Waals surface area contributed by atoms with Gasteiger partial charge in [0.25, 0.3) is 0 Å². The summed E-state index contributed by atoms with van der Waals surface area (Å²) in [5.74, 6) is 1.07. The summed E-state index contributed by atoms with van der Waals surface area (Å²) >= 11 is 1.76. The lowest BCUT2D eigenvalue weighted by molar-refractivity contribution is -0.223. The Kier molecular flexibility index (Phi) is 7.35. The van der Waals surface area contributed by atoms with Gasteiger partial charge in [0.1, 0.15) is 11.6 Å². The van der Waals surface area contributed by atoms with E-state index in [0.717, 1.165) is 67.7 Å². The quantitative estimate of drug-likeness (QED) is 0.455. The molecule has 0 atom stereocenters. The van der Waals surface area contributed by atoms with Crippen molar-refractivity contribution in [2.24, 2.45) is 0 Å². The number of methoxy groups -OCH3 is 3. The molecular formula is C23H32N4O3S. The normalized spacial score (nSPS) is 19.3. The first-order valence-corrected chi connectivity index (χ1v) is 11.6. The Hall–Kier alpha value is -1.84. The molecule has 1 aromatic carbocycles. The minimum atomic E-state index is -0.818. The van der Waals surface area contributed by atoms with E-state index in [1.165, 1.54) is 0 Å². The first-order valence-electron chi connectivity index (χ1n) is 10.8. The average molecular weight is 445 g/mol. The van der Waals surface area contributed by atoms with E-state index in [9.17, 15) is 0 Å². The van der Waals surface area contributed by atoms with Gasteiger partial charge in [0.05, 0.1) is 19.2 Å². The van der Waals surface area contributed by atoms with Crippen LogP contribution >= 0.6 is 11.9 Å². The number of piperazine rings is 1. The van der Waals surface area contributed by atoms with Crippen molar-refractivity contribution in [2.75, 3.05) is 72.0 Å². The summed E-state index contributed by atoms with van der Waals surface area (Å²) in [6, 6.07) is 12.2. The number of hydrogen-bond donors (Lipinski definition) is 0. The maximum absolute atomic E-state index is 5.90. The molecule has 2 aliphatic rings. The summed E-state index contributed by atoms with van der Waals surface area (Å²) in [4.78, 5) is 10.5. The third kappa shape index (κ3) is 4.83. The van der Waals surface area contributed by atoms with Crippen molar-refractivity contribution in [1.82, 2.24) is 14.2 Å². The fourth-order valence-electron chi connectivity index (χ4n) is 4.37. The number of aromatic nitrogens is 1. The molecule has 3 heterocycles. The first kappa shape index (κ1) is 22.4. The molecule has 1 aromatic heterocycles. The van der Waals surface area contributed by atoms with Crippen LogP contribution in [0, 0.1) is 0 Å². The summed E-state index contributed by atoms with van der Waals surface area (Å²) in [5.41, 5.74) is 0.981. The van der Waals surface area contributed by atoms with Gasteiger partial charge in [-0.05, 0) is 49.2 Å². The van der Waals surface area contributed by atoms with Gasteiger partial charge < -0.3 is 19.1 Å². The van der Waals surface area contributed by atoms with E-state index in [0.29, 0.717) is 6.54 Å². The maximum atomic E-state index is 5.90. The maximum Gasteiger partial charge on any atom is 0.213 e. The fourth-order valence-corrected chi connectivity index (χ4v) is 5.59. The second-order valence-corrected chi connectivity index (χ2v) is 8.96. The van der Waals surface area contributed by atoms with Crippen molar-refractivity contribution in [1.29, 1.82) is 0 Å². The van der Waals surface area contributed by atoms with E-state index >= 15 is 0 Å². The number of anilines is 1. The highest BCUT2D eigenvalue weighted by Crippen LogP contribution is 2.46. The monoisotopic (exact) mass is 444 g/mol. The van der Waals surface area contributed by atoms with Gasteiger partial charge >= 0.3 is 0 Å². The summed E-state index contributed by atoms with van der Waals surface area (Å²) in [6.07, 6.45) is 2.96. The number of fused-ring (bicyclic) bond motifs is 1. The zero-order valence-electron chi connectivity index (χ0n) is 18.6. The van der Waals surface area contributed by atoms with Crippen molar-refractivity contribution < 1.29 is 14.2 Å². The minimum Gasteiger partial charge on any atom is -0.496 e. The van der Waals surface area contributed by atoms with Gasteiger partial charge in [-0.15, -0.1) is 0 Å². The number of rotatable bonds is 8. The molecule has 0 spiro atoms. The van der Waals surface area contributed by atoms with Crippen LogP contribution in [0.15, 0.2) is 47.5 Å². The molecule has 7 nitrogen and oxygen atoms in total. The van der Waals surface area contributed by atoms with Gasteiger partial charge in [0.15, 0.2) is 0 Å². The molecule has 2 aliphatic heterocycles. The Bertz CT molecular complexity index is 842. The van der Waals surface area contributed by atoms with Gasteiger partial charge in [-0.25, -0.2) is 9.29 Å². The summed E-state index contributed by atoms with van der Waals surface area (Å²) < 4.78 is 19.7. The van der Waals surface area contributed by atoms with E-state index in [1.54, 1.807) is 33.3 Å². The van der Waals surface area contributed by atoms with Crippen molar-refractivity contribution in [3.8, 4) is 5.75 Å². The molecule has 4 rings (SSSR count). The standard InChI is InChI=1S/C23H32N4O3S/c1-28-19-8-6-9-20-22(19)23(29-2,30-3)18-27(31-20)13-7-12-25-14-16-26(17-15-25)21-10-4-5-11-24-21/h4-6,8-11H,7,12-18H2,1-3H3. The Labute approximate surface area is 189 Å². The summed E-state index contributed by atoms with van der Waals surface area (Å²) in [6.45, 7) is 6.92. The Morgan fingerprint density at radius 3 is 2.45 bits per heavy atom. The molecule has 0 N–H and O–H groups in total. The summed E-state index contributed by atoms with van der Waals surface area (Å²) in [5, 5.41) is 0. The van der Waals surface area contributed by atoms with Gasteiger partial charge in [-0.3, -0.25) is 4.90 Å². The van der Waals surface area contributed by atoms with Crippen LogP contribution in [-0.4, -0.2) is 81.3 Å². The molecule has 0 unspecified atom stereocenters. The molecule has 1 saturated heterocycles. The van der Waals surface area contributed by atoms with Crippen molar-refractivity contribution in [3.05, 3.63) is 48.2 Å². The Morgan fingerprint density at radius 2 is 1.77 bits per heavy atom. The van der Waals surface area contributed by atoms with E-state index in [2.05, 4.69) is 37.3 Å². The predicted molar refractivity (Wildman–Crippen MR) is 124 cm³/mol. The molecular weight excluding hydrogens is 412 g/mol. The molecule has 31 heavy (non-hydrogen) atoms. The van der Waals surface area contributed by atoms with E-state index < -0.39 is 5.79 Å². The molecule has 2 aromatic rings. The largest absolute Gasteiger partial charge is 0.496 e. The highest BCUT2D eigenvalue weighted by atomic mass is 32.2. The van der Waals surface area contributed by atoms with Crippen LogP contribution in [0.4, 0.5) is 5.82 Å². The number of benzene rings is 1. The van der Waals surface area contributed by atoms with Crippen LogP contribution in [0.5, 0.6) is 5.75 Å². The molecule has 8 heteroatoms. The van der Waals surface area contributed by atoms with Crippen molar-refractivity contribution in [2.45, 2.75) is 17.1 Å². The van der Waals surface area contributed by atoms with Gasteiger partial charge in [0, 0.05) is 58.0 Å². The predicted octanol–water partition coefficient (Wildman–Crippen LogP) is 3.07. The minimum absolute atomic E-state index is 0.658. The highest BCUT2D eigenvalue weighted by Gasteiger charge is 2.43. The van der Waals surface area contributed by atoms with Crippen LogP contribution in [0.3, 0.4) is 0 Å². The van der Waals surface area contributed by atoms with E-state index in [-0.39, 0.29) is 0 Å². The number of nitrogens with zero attached hydrogens (tertiary/aromatic N) is 4. The lowest BCUT2D eigenvalue weighted by Gasteiger charge is -2.42. The van der Waals surface area contributed by atoms with E-state index in [1.807, 2.05) is 24.4 Å². The van der Waals surface area contributed by atoms with Crippen LogP contribution < -0.4 is 9.64 Å². The summed E-state index contributed by atoms with van der Waals surface area (Å²) in [7, 11) is 5.10.